The molecule has 0 saturated carbocycles. The van der Waals surface area contributed by atoms with E-state index in [-0.39, 0.29) is 4.90 Å². The molecule has 0 aliphatic heterocycles. The SMILES string of the molecule is CCc1cccc(NS(=O)(=O)c2cn(CC)c3ncccc23)c1. The van der Waals surface area contributed by atoms with Crippen LogP contribution in [0.2, 0.25) is 0 Å². The third-order valence-electron chi connectivity index (χ3n) is 3.81. The van der Waals surface area contributed by atoms with Crippen molar-refractivity contribution >= 4 is 26.7 Å². The van der Waals surface area contributed by atoms with Crippen LogP contribution in [0.1, 0.15) is 19.4 Å². The van der Waals surface area contributed by atoms with Gasteiger partial charge in [0.15, 0.2) is 0 Å². The highest BCUT2D eigenvalue weighted by molar-refractivity contribution is 7.93. The Hall–Kier alpha value is -2.34. The molecule has 3 aromatic rings. The monoisotopic (exact) mass is 329 g/mol. The molecule has 1 N–H and O–H groups in total. The summed E-state index contributed by atoms with van der Waals surface area (Å²) in [6.45, 7) is 4.66. The Morgan fingerprint density at radius 1 is 1.17 bits per heavy atom. The molecule has 3 rings (SSSR count). The molecule has 0 bridgehead atoms. The van der Waals surface area contributed by atoms with E-state index < -0.39 is 10.0 Å². The van der Waals surface area contributed by atoms with Gasteiger partial charge in [0, 0.05) is 30.0 Å². The number of pyridine rings is 1. The molecule has 0 radical (unpaired) electrons. The Morgan fingerprint density at radius 2 is 2.00 bits per heavy atom. The fraction of sp³-hybridized carbons (Fsp3) is 0.235. The van der Waals surface area contributed by atoms with E-state index in [2.05, 4.69) is 9.71 Å². The lowest BCUT2D eigenvalue weighted by atomic mass is 10.1. The van der Waals surface area contributed by atoms with Crippen LogP contribution in [-0.4, -0.2) is 18.0 Å². The maximum Gasteiger partial charge on any atom is 0.264 e. The maximum atomic E-state index is 12.8. The molecule has 6 heteroatoms. The average Bonchev–Trinajstić information content (AvgIpc) is 2.94. The van der Waals surface area contributed by atoms with Gasteiger partial charge in [-0.2, -0.15) is 0 Å². The van der Waals surface area contributed by atoms with E-state index >= 15 is 0 Å². The topological polar surface area (TPSA) is 64.0 Å². The van der Waals surface area contributed by atoms with Gasteiger partial charge in [0.05, 0.1) is 0 Å². The van der Waals surface area contributed by atoms with Crippen LogP contribution in [0.5, 0.6) is 0 Å². The number of anilines is 1. The first kappa shape index (κ1) is 15.6. The lowest BCUT2D eigenvalue weighted by Crippen LogP contribution is -2.12. The maximum absolute atomic E-state index is 12.8. The average molecular weight is 329 g/mol. The Balaban J connectivity index is 2.06. The number of nitrogens with one attached hydrogen (secondary N) is 1. The molecule has 0 atom stereocenters. The number of hydrogen-bond donors (Lipinski definition) is 1. The van der Waals surface area contributed by atoms with Crippen LogP contribution in [0.25, 0.3) is 11.0 Å². The second kappa shape index (κ2) is 6.04. The number of fused-ring (bicyclic) bond motifs is 1. The Kier molecular flexibility index (Phi) is 4.09. The fourth-order valence-electron chi connectivity index (χ4n) is 2.61. The number of rotatable bonds is 5. The summed E-state index contributed by atoms with van der Waals surface area (Å²) in [7, 11) is -3.67. The minimum atomic E-state index is -3.67. The van der Waals surface area contributed by atoms with Gasteiger partial charge in [-0.1, -0.05) is 19.1 Å². The molecule has 2 aromatic heterocycles. The van der Waals surface area contributed by atoms with Crippen molar-refractivity contribution in [3.63, 3.8) is 0 Å². The summed E-state index contributed by atoms with van der Waals surface area (Å²) in [5.41, 5.74) is 2.34. The Labute approximate surface area is 136 Å². The van der Waals surface area contributed by atoms with Crippen LogP contribution in [0, 0.1) is 0 Å². The summed E-state index contributed by atoms with van der Waals surface area (Å²) in [4.78, 5) is 4.55. The van der Waals surface area contributed by atoms with Gasteiger partial charge in [0.2, 0.25) is 0 Å². The van der Waals surface area contributed by atoms with Crippen LogP contribution in [-0.2, 0) is 23.0 Å². The van der Waals surface area contributed by atoms with E-state index in [9.17, 15) is 8.42 Å². The van der Waals surface area contributed by atoms with E-state index in [0.29, 0.717) is 23.3 Å². The summed E-state index contributed by atoms with van der Waals surface area (Å²) < 4.78 is 30.1. The summed E-state index contributed by atoms with van der Waals surface area (Å²) in [6.07, 6.45) is 4.17. The quantitative estimate of drug-likeness (QED) is 0.780. The second-order valence-electron chi connectivity index (χ2n) is 5.31. The smallest absolute Gasteiger partial charge is 0.264 e. The molecular weight excluding hydrogens is 310 g/mol. The normalized spacial score (nSPS) is 11.7. The van der Waals surface area contributed by atoms with E-state index in [1.54, 1.807) is 30.6 Å². The predicted octanol–water partition coefficient (Wildman–Crippen LogP) is 3.42. The standard InChI is InChI=1S/C17H19N3O2S/c1-3-13-7-5-8-14(11-13)19-23(21,22)16-12-20(4-2)17-15(16)9-6-10-18-17/h5-12,19H,3-4H2,1-2H3. The molecule has 0 fully saturated rings. The zero-order valence-electron chi connectivity index (χ0n) is 13.2. The Morgan fingerprint density at radius 3 is 2.74 bits per heavy atom. The molecular formula is C17H19N3O2S. The van der Waals surface area contributed by atoms with E-state index in [1.165, 1.54) is 0 Å². The summed E-state index contributed by atoms with van der Waals surface area (Å²) >= 11 is 0. The zero-order chi connectivity index (χ0) is 16.4. The molecule has 23 heavy (non-hydrogen) atoms. The number of hydrogen-bond acceptors (Lipinski definition) is 3. The molecule has 0 saturated heterocycles. The van der Waals surface area contributed by atoms with E-state index in [4.69, 9.17) is 0 Å². The number of nitrogens with zero attached hydrogens (tertiary/aromatic N) is 2. The first-order valence-corrected chi connectivity index (χ1v) is 9.09. The summed E-state index contributed by atoms with van der Waals surface area (Å²) in [5, 5.41) is 0.633. The molecule has 1 aromatic carbocycles. The molecule has 2 heterocycles. The van der Waals surface area contributed by atoms with Gasteiger partial charge in [-0.05, 0) is 43.2 Å². The molecule has 0 aliphatic carbocycles. The molecule has 0 unspecified atom stereocenters. The van der Waals surface area contributed by atoms with Gasteiger partial charge in [0.25, 0.3) is 10.0 Å². The largest absolute Gasteiger partial charge is 0.331 e. The molecule has 120 valence electrons. The van der Waals surface area contributed by atoms with E-state index in [1.807, 2.05) is 36.6 Å². The molecule has 5 nitrogen and oxygen atoms in total. The van der Waals surface area contributed by atoms with Crippen LogP contribution < -0.4 is 4.72 Å². The van der Waals surface area contributed by atoms with Crippen molar-refractivity contribution < 1.29 is 8.42 Å². The molecule has 0 amide bonds. The number of aromatic nitrogens is 2. The highest BCUT2D eigenvalue weighted by Crippen LogP contribution is 2.26. The third-order valence-corrected chi connectivity index (χ3v) is 5.22. The van der Waals surface area contributed by atoms with Gasteiger partial charge in [-0.15, -0.1) is 0 Å². The van der Waals surface area contributed by atoms with Gasteiger partial charge >= 0.3 is 0 Å². The number of sulfonamides is 1. The van der Waals surface area contributed by atoms with Crippen molar-refractivity contribution in [2.24, 2.45) is 0 Å². The highest BCUT2D eigenvalue weighted by Gasteiger charge is 2.21. The van der Waals surface area contributed by atoms with Crippen molar-refractivity contribution in [3.05, 3.63) is 54.4 Å². The van der Waals surface area contributed by atoms with Crippen LogP contribution in [0.15, 0.2) is 53.7 Å². The van der Waals surface area contributed by atoms with Crippen LogP contribution >= 0.6 is 0 Å². The van der Waals surface area contributed by atoms with Gasteiger partial charge < -0.3 is 4.57 Å². The first-order valence-electron chi connectivity index (χ1n) is 7.60. The van der Waals surface area contributed by atoms with Gasteiger partial charge in [-0.3, -0.25) is 4.72 Å². The minimum absolute atomic E-state index is 0.254. The van der Waals surface area contributed by atoms with Gasteiger partial charge in [-0.25, -0.2) is 13.4 Å². The molecule has 0 spiro atoms. The molecule has 0 aliphatic rings. The first-order chi connectivity index (χ1) is 11.0. The van der Waals surface area contributed by atoms with Crippen molar-refractivity contribution in [3.8, 4) is 0 Å². The second-order valence-corrected chi connectivity index (χ2v) is 6.96. The third kappa shape index (κ3) is 2.94. The van der Waals surface area contributed by atoms with Crippen molar-refractivity contribution in [2.45, 2.75) is 31.7 Å². The van der Waals surface area contributed by atoms with Crippen molar-refractivity contribution in [2.75, 3.05) is 4.72 Å². The lowest BCUT2D eigenvalue weighted by Gasteiger charge is -2.08. The van der Waals surface area contributed by atoms with Gasteiger partial charge in [0.1, 0.15) is 10.5 Å². The fourth-order valence-corrected chi connectivity index (χ4v) is 3.87. The summed E-state index contributed by atoms with van der Waals surface area (Å²) in [5.74, 6) is 0. The Bertz CT molecular complexity index is 945. The number of aryl methyl sites for hydroxylation is 2. The van der Waals surface area contributed by atoms with Crippen LogP contribution in [0.4, 0.5) is 5.69 Å². The highest BCUT2D eigenvalue weighted by atomic mass is 32.2. The zero-order valence-corrected chi connectivity index (χ0v) is 14.0. The van der Waals surface area contributed by atoms with E-state index in [0.717, 1.165) is 12.0 Å². The lowest BCUT2D eigenvalue weighted by molar-refractivity contribution is 0.601. The number of benzene rings is 1. The van der Waals surface area contributed by atoms with Crippen molar-refractivity contribution in [1.29, 1.82) is 0 Å². The van der Waals surface area contributed by atoms with Crippen molar-refractivity contribution in [1.82, 2.24) is 9.55 Å². The summed E-state index contributed by atoms with van der Waals surface area (Å²) in [6, 6.07) is 11.0. The predicted molar refractivity (Wildman–Crippen MR) is 92.0 cm³/mol. The van der Waals surface area contributed by atoms with Crippen LogP contribution in [0.3, 0.4) is 0 Å². The minimum Gasteiger partial charge on any atom is -0.331 e.